The number of carbonyl (C=O) groups excluding carboxylic acids is 2. The van der Waals surface area contributed by atoms with Crippen molar-refractivity contribution in [2.45, 2.75) is 18.9 Å². The van der Waals surface area contributed by atoms with E-state index in [4.69, 9.17) is 10.5 Å². The highest BCUT2D eigenvalue weighted by Crippen LogP contribution is 2.26. The molecule has 0 aromatic heterocycles. The zero-order chi connectivity index (χ0) is 17.8. The van der Waals surface area contributed by atoms with E-state index in [-0.39, 0.29) is 42.7 Å². The molecule has 1 aliphatic rings. The molecule has 26 heavy (non-hydrogen) atoms. The molecule has 1 fully saturated rings. The Kier molecular flexibility index (Phi) is 6.77. The zero-order valence-corrected chi connectivity index (χ0v) is 15.4. The lowest BCUT2D eigenvalue weighted by Crippen LogP contribution is -2.35. The van der Waals surface area contributed by atoms with Gasteiger partial charge in [-0.25, -0.2) is 0 Å². The number of nitrogens with zero attached hydrogens (tertiary/aromatic N) is 1. The van der Waals surface area contributed by atoms with Crippen molar-refractivity contribution in [2.75, 3.05) is 19.7 Å². The minimum atomic E-state index is -0.0953. The number of likely N-dealkylation sites (tertiary alicyclic amines) is 1. The van der Waals surface area contributed by atoms with Crippen LogP contribution >= 0.6 is 12.4 Å². The Morgan fingerprint density at radius 1 is 1.12 bits per heavy atom. The van der Waals surface area contributed by atoms with E-state index in [2.05, 4.69) is 0 Å². The Bertz CT molecular complexity index is 767. The Morgan fingerprint density at radius 3 is 2.54 bits per heavy atom. The summed E-state index contributed by atoms with van der Waals surface area (Å²) in [5.74, 6) is 0.533. The van der Waals surface area contributed by atoms with Gasteiger partial charge in [0.15, 0.2) is 12.4 Å². The van der Waals surface area contributed by atoms with Crippen LogP contribution in [0.25, 0.3) is 0 Å². The second kappa shape index (κ2) is 8.83. The maximum atomic E-state index is 12.4. The van der Waals surface area contributed by atoms with Gasteiger partial charge in [-0.2, -0.15) is 0 Å². The van der Waals surface area contributed by atoms with Crippen LogP contribution in [-0.4, -0.2) is 42.3 Å². The largest absolute Gasteiger partial charge is 0.484 e. The third-order valence-electron chi connectivity index (χ3n) is 4.55. The number of ether oxygens (including phenoxy) is 1. The van der Waals surface area contributed by atoms with Gasteiger partial charge in [-0.15, -0.1) is 12.4 Å². The molecule has 1 heterocycles. The zero-order valence-electron chi connectivity index (χ0n) is 14.6. The van der Waals surface area contributed by atoms with Gasteiger partial charge < -0.3 is 15.4 Å². The molecule has 1 amide bonds. The summed E-state index contributed by atoms with van der Waals surface area (Å²) in [5, 5.41) is 0. The number of ketones is 1. The van der Waals surface area contributed by atoms with Crippen molar-refractivity contribution < 1.29 is 14.3 Å². The SMILES string of the molecule is CC(=O)c1cccc(OCC(=O)N2C[C@@H](N)[C@H](c3ccccc3)C2)c1.Cl. The van der Waals surface area contributed by atoms with Crippen molar-refractivity contribution in [3.63, 3.8) is 0 Å². The van der Waals surface area contributed by atoms with Gasteiger partial charge in [0.1, 0.15) is 5.75 Å². The van der Waals surface area contributed by atoms with Gasteiger partial charge in [0.2, 0.25) is 0 Å². The highest BCUT2D eigenvalue weighted by molar-refractivity contribution is 5.94. The van der Waals surface area contributed by atoms with Crippen LogP contribution in [0.3, 0.4) is 0 Å². The second-order valence-corrected chi connectivity index (χ2v) is 6.35. The van der Waals surface area contributed by atoms with Crippen molar-refractivity contribution in [3.8, 4) is 5.75 Å². The highest BCUT2D eigenvalue weighted by Gasteiger charge is 2.33. The number of carbonyl (C=O) groups is 2. The van der Waals surface area contributed by atoms with Crippen molar-refractivity contribution in [1.82, 2.24) is 4.90 Å². The molecule has 1 saturated heterocycles. The third kappa shape index (κ3) is 4.62. The Morgan fingerprint density at radius 2 is 1.85 bits per heavy atom. The number of hydrogen-bond acceptors (Lipinski definition) is 4. The Balaban J connectivity index is 0.00000243. The van der Waals surface area contributed by atoms with Gasteiger partial charge in [-0.05, 0) is 24.6 Å². The van der Waals surface area contributed by atoms with Gasteiger partial charge in [0.25, 0.3) is 5.91 Å². The van der Waals surface area contributed by atoms with Crippen LogP contribution in [0, 0.1) is 0 Å². The van der Waals surface area contributed by atoms with Crippen LogP contribution in [0.5, 0.6) is 5.75 Å². The minimum absolute atomic E-state index is 0. The summed E-state index contributed by atoms with van der Waals surface area (Å²) in [6.07, 6.45) is 0. The van der Waals surface area contributed by atoms with Crippen molar-refractivity contribution >= 4 is 24.1 Å². The number of rotatable bonds is 5. The van der Waals surface area contributed by atoms with Gasteiger partial charge in [-0.3, -0.25) is 9.59 Å². The van der Waals surface area contributed by atoms with Crippen LogP contribution in [-0.2, 0) is 4.79 Å². The number of nitrogens with two attached hydrogens (primary N) is 1. The Labute approximate surface area is 159 Å². The first-order valence-corrected chi connectivity index (χ1v) is 8.36. The van der Waals surface area contributed by atoms with E-state index in [1.165, 1.54) is 6.92 Å². The lowest BCUT2D eigenvalue weighted by atomic mass is 9.95. The summed E-state index contributed by atoms with van der Waals surface area (Å²) >= 11 is 0. The fraction of sp³-hybridized carbons (Fsp3) is 0.300. The first-order valence-electron chi connectivity index (χ1n) is 8.36. The van der Waals surface area contributed by atoms with Crippen molar-refractivity contribution in [1.29, 1.82) is 0 Å². The maximum absolute atomic E-state index is 12.4. The third-order valence-corrected chi connectivity index (χ3v) is 4.55. The first-order chi connectivity index (χ1) is 12.0. The topological polar surface area (TPSA) is 72.6 Å². The van der Waals surface area contributed by atoms with E-state index < -0.39 is 0 Å². The average molecular weight is 375 g/mol. The monoisotopic (exact) mass is 374 g/mol. The number of halogens is 1. The van der Waals surface area contributed by atoms with Gasteiger partial charge in [0, 0.05) is 30.6 Å². The predicted octanol–water partition coefficient (Wildman–Crippen LogP) is 2.64. The summed E-state index contributed by atoms with van der Waals surface area (Å²) in [7, 11) is 0. The van der Waals surface area contributed by atoms with Crippen LogP contribution in [0.1, 0.15) is 28.8 Å². The molecule has 0 saturated carbocycles. The fourth-order valence-electron chi connectivity index (χ4n) is 3.13. The molecule has 2 atom stereocenters. The molecule has 3 rings (SSSR count). The number of amides is 1. The summed E-state index contributed by atoms with van der Waals surface area (Å²) in [6, 6.07) is 16.8. The quantitative estimate of drug-likeness (QED) is 0.816. The second-order valence-electron chi connectivity index (χ2n) is 6.35. The van der Waals surface area contributed by atoms with E-state index >= 15 is 0 Å². The van der Waals surface area contributed by atoms with Crippen LogP contribution < -0.4 is 10.5 Å². The standard InChI is InChI=1S/C20H22N2O3.ClH/c1-14(23)16-8-5-9-17(10-16)25-13-20(24)22-11-18(19(21)12-22)15-6-3-2-4-7-15;/h2-10,18-19H,11-13,21H2,1H3;1H/t18-,19+;/m0./s1. The van der Waals surface area contributed by atoms with Crippen LogP contribution in [0.4, 0.5) is 0 Å². The lowest BCUT2D eigenvalue weighted by Gasteiger charge is -2.17. The van der Waals surface area contributed by atoms with E-state index in [0.717, 1.165) is 5.56 Å². The highest BCUT2D eigenvalue weighted by atomic mass is 35.5. The van der Waals surface area contributed by atoms with Crippen LogP contribution in [0.2, 0.25) is 0 Å². The fourth-order valence-corrected chi connectivity index (χ4v) is 3.13. The van der Waals surface area contributed by atoms with Gasteiger partial charge in [-0.1, -0.05) is 42.5 Å². The molecular formula is C20H23ClN2O3. The molecule has 2 N–H and O–H groups in total. The van der Waals surface area contributed by atoms with E-state index in [1.54, 1.807) is 29.2 Å². The lowest BCUT2D eigenvalue weighted by molar-refractivity contribution is -0.132. The van der Waals surface area contributed by atoms with Crippen LogP contribution in [0.15, 0.2) is 54.6 Å². The molecule has 138 valence electrons. The number of hydrogen-bond donors (Lipinski definition) is 1. The van der Waals surface area contributed by atoms with Crippen molar-refractivity contribution in [2.24, 2.45) is 5.73 Å². The predicted molar refractivity (Wildman–Crippen MR) is 103 cm³/mol. The molecule has 0 aliphatic carbocycles. The van der Waals surface area contributed by atoms with Crippen molar-refractivity contribution in [3.05, 3.63) is 65.7 Å². The summed E-state index contributed by atoms with van der Waals surface area (Å²) in [4.78, 5) is 25.6. The molecule has 0 bridgehead atoms. The summed E-state index contributed by atoms with van der Waals surface area (Å²) < 4.78 is 5.56. The normalized spacial score (nSPS) is 18.9. The summed E-state index contributed by atoms with van der Waals surface area (Å²) in [6.45, 7) is 2.56. The van der Waals surface area contributed by atoms with E-state index in [0.29, 0.717) is 24.4 Å². The molecule has 0 unspecified atom stereocenters. The van der Waals surface area contributed by atoms with Gasteiger partial charge >= 0.3 is 0 Å². The summed E-state index contributed by atoms with van der Waals surface area (Å²) in [5.41, 5.74) is 7.95. The molecular weight excluding hydrogens is 352 g/mol. The Hall–Kier alpha value is -2.37. The van der Waals surface area contributed by atoms with E-state index in [1.807, 2.05) is 30.3 Å². The smallest absolute Gasteiger partial charge is 0.260 e. The molecule has 2 aromatic rings. The maximum Gasteiger partial charge on any atom is 0.260 e. The number of benzene rings is 2. The minimum Gasteiger partial charge on any atom is -0.484 e. The number of Topliss-reactive ketones (excluding diaryl/α,β-unsaturated/α-hetero) is 1. The molecule has 2 aromatic carbocycles. The molecule has 5 nitrogen and oxygen atoms in total. The first kappa shape index (κ1) is 19.9. The molecule has 1 aliphatic heterocycles. The van der Waals surface area contributed by atoms with E-state index in [9.17, 15) is 9.59 Å². The molecule has 6 heteroatoms. The molecule has 0 spiro atoms. The average Bonchev–Trinajstić information content (AvgIpc) is 3.02. The molecule has 0 radical (unpaired) electrons. The van der Waals surface area contributed by atoms with Gasteiger partial charge in [0.05, 0.1) is 0 Å².